The highest BCUT2D eigenvalue weighted by Crippen LogP contribution is 2.28. The predicted octanol–water partition coefficient (Wildman–Crippen LogP) is 3.69. The first-order valence-electron chi connectivity index (χ1n) is 11.9. The van der Waals surface area contributed by atoms with Crippen molar-refractivity contribution in [3.05, 3.63) is 57.4 Å². The van der Waals surface area contributed by atoms with Crippen LogP contribution in [0.1, 0.15) is 52.5 Å². The molecule has 2 aliphatic rings. The zero-order valence-corrected chi connectivity index (χ0v) is 21.1. The molecule has 9 heteroatoms. The summed E-state index contributed by atoms with van der Waals surface area (Å²) in [6, 6.07) is 7.33. The van der Waals surface area contributed by atoms with Crippen molar-refractivity contribution in [1.82, 2.24) is 14.8 Å². The summed E-state index contributed by atoms with van der Waals surface area (Å²) in [5.74, 6) is -0.246. The molecule has 1 aromatic carbocycles. The number of nitrogens with one attached hydrogen (secondary N) is 1. The number of ether oxygens (including phenoxy) is 1. The number of halogens is 1. The number of anilines is 1. The van der Waals surface area contributed by atoms with E-state index in [4.69, 9.17) is 16.3 Å². The molecule has 0 aliphatic carbocycles. The van der Waals surface area contributed by atoms with Gasteiger partial charge in [0, 0.05) is 55.7 Å². The van der Waals surface area contributed by atoms with Gasteiger partial charge >= 0.3 is 0 Å². The Bertz CT molecular complexity index is 1170. The number of aryl methyl sites for hydroxylation is 1. The van der Waals surface area contributed by atoms with Gasteiger partial charge in [-0.25, -0.2) is 0 Å². The van der Waals surface area contributed by atoms with Gasteiger partial charge < -0.3 is 15.0 Å². The molecule has 35 heavy (non-hydrogen) atoms. The molecule has 0 unspecified atom stereocenters. The second kappa shape index (κ2) is 10.7. The molecular weight excluding hydrogens is 466 g/mol. The minimum atomic E-state index is -0.347. The van der Waals surface area contributed by atoms with E-state index in [0.717, 1.165) is 37.1 Å². The molecule has 4 rings (SSSR count). The third kappa shape index (κ3) is 5.64. The van der Waals surface area contributed by atoms with Gasteiger partial charge in [0.1, 0.15) is 12.2 Å². The van der Waals surface area contributed by atoms with E-state index in [1.165, 1.54) is 12.3 Å². The minimum Gasteiger partial charge on any atom is -0.368 e. The highest BCUT2D eigenvalue weighted by atomic mass is 35.5. The van der Waals surface area contributed by atoms with Gasteiger partial charge in [0.25, 0.3) is 11.8 Å². The molecule has 1 N–H and O–H groups in total. The standard InChI is InChI=1S/C26H30ClN5O3/c1-16-14-31(6-7-32(16)26(34)24-5-4-8-35-24)15-21-10-22(27)11-23(17(21)2)30-25(33)20-9-19(12-28)18(3)29-13-20/h9-11,13,16,24H,4-8,14-15H2,1-3H3,(H,30,33)/t16-,24+/m0/s1. The van der Waals surface area contributed by atoms with Crippen LogP contribution < -0.4 is 5.32 Å². The van der Waals surface area contributed by atoms with Crippen molar-refractivity contribution in [2.24, 2.45) is 0 Å². The Morgan fingerprint density at radius 2 is 2.09 bits per heavy atom. The first-order valence-corrected chi connectivity index (χ1v) is 12.3. The minimum absolute atomic E-state index is 0.0856. The number of hydrogen-bond acceptors (Lipinski definition) is 6. The van der Waals surface area contributed by atoms with Crippen LogP contribution in [0.25, 0.3) is 0 Å². The lowest BCUT2D eigenvalue weighted by molar-refractivity contribution is -0.145. The van der Waals surface area contributed by atoms with Crippen LogP contribution in [0.4, 0.5) is 5.69 Å². The quantitative estimate of drug-likeness (QED) is 0.679. The Labute approximate surface area is 210 Å². The second-order valence-electron chi connectivity index (χ2n) is 9.28. The smallest absolute Gasteiger partial charge is 0.257 e. The van der Waals surface area contributed by atoms with E-state index in [1.807, 2.05) is 17.9 Å². The lowest BCUT2D eigenvalue weighted by atomic mass is 10.0. The molecule has 0 spiro atoms. The summed E-state index contributed by atoms with van der Waals surface area (Å²) in [6.45, 7) is 9.23. The number of piperazine rings is 1. The van der Waals surface area contributed by atoms with Crippen molar-refractivity contribution < 1.29 is 14.3 Å². The van der Waals surface area contributed by atoms with Gasteiger partial charge in [0.2, 0.25) is 0 Å². The van der Waals surface area contributed by atoms with E-state index in [0.29, 0.717) is 47.2 Å². The summed E-state index contributed by atoms with van der Waals surface area (Å²) in [4.78, 5) is 34.0. The lowest BCUT2D eigenvalue weighted by Gasteiger charge is -2.41. The fraction of sp³-hybridized carbons (Fsp3) is 0.462. The number of benzene rings is 1. The zero-order chi connectivity index (χ0) is 25.1. The SMILES string of the molecule is Cc1ncc(C(=O)Nc2cc(Cl)cc(CN3CCN(C(=O)[C@H]4CCCO4)[C@@H](C)C3)c2C)cc1C#N. The van der Waals surface area contributed by atoms with Crippen LogP contribution >= 0.6 is 11.6 Å². The summed E-state index contributed by atoms with van der Waals surface area (Å²) in [5, 5.41) is 12.7. The average Bonchev–Trinajstić information content (AvgIpc) is 3.37. The number of pyridine rings is 1. The summed E-state index contributed by atoms with van der Waals surface area (Å²) in [6.07, 6.45) is 2.92. The maximum absolute atomic E-state index is 12.8. The fourth-order valence-corrected chi connectivity index (χ4v) is 4.94. The number of rotatable bonds is 5. The van der Waals surface area contributed by atoms with Gasteiger partial charge in [-0.05, 0) is 62.9 Å². The Kier molecular flexibility index (Phi) is 7.70. The maximum atomic E-state index is 12.8. The van der Waals surface area contributed by atoms with Gasteiger partial charge in [-0.2, -0.15) is 5.26 Å². The van der Waals surface area contributed by atoms with Gasteiger partial charge in [-0.3, -0.25) is 19.5 Å². The van der Waals surface area contributed by atoms with E-state index in [9.17, 15) is 14.9 Å². The monoisotopic (exact) mass is 495 g/mol. The van der Waals surface area contributed by atoms with Crippen LogP contribution in [0.2, 0.25) is 5.02 Å². The molecule has 1 aromatic heterocycles. The Hall–Kier alpha value is -2.99. The van der Waals surface area contributed by atoms with Crippen molar-refractivity contribution in [2.75, 3.05) is 31.6 Å². The van der Waals surface area contributed by atoms with E-state index >= 15 is 0 Å². The molecule has 184 valence electrons. The molecule has 2 aliphatic heterocycles. The molecule has 0 bridgehead atoms. The van der Waals surface area contributed by atoms with Crippen molar-refractivity contribution in [1.29, 1.82) is 5.26 Å². The molecule has 2 amide bonds. The fourth-order valence-electron chi connectivity index (χ4n) is 4.70. The molecule has 0 saturated carbocycles. The number of amides is 2. The lowest BCUT2D eigenvalue weighted by Crippen LogP contribution is -2.55. The normalized spacial score (nSPS) is 20.5. The van der Waals surface area contributed by atoms with Gasteiger partial charge in [0.15, 0.2) is 0 Å². The molecular formula is C26H30ClN5O3. The van der Waals surface area contributed by atoms with E-state index in [-0.39, 0.29) is 24.0 Å². The van der Waals surface area contributed by atoms with Crippen molar-refractivity contribution in [2.45, 2.75) is 52.3 Å². The molecule has 0 radical (unpaired) electrons. The van der Waals surface area contributed by atoms with Crippen LogP contribution in [-0.4, -0.2) is 65.0 Å². The van der Waals surface area contributed by atoms with Gasteiger partial charge in [-0.15, -0.1) is 0 Å². The number of hydrogen-bond donors (Lipinski definition) is 1. The highest BCUT2D eigenvalue weighted by molar-refractivity contribution is 6.31. The predicted molar refractivity (Wildman–Crippen MR) is 133 cm³/mol. The average molecular weight is 496 g/mol. The summed E-state index contributed by atoms with van der Waals surface area (Å²) < 4.78 is 5.59. The molecule has 2 aromatic rings. The van der Waals surface area contributed by atoms with Crippen LogP contribution in [0, 0.1) is 25.2 Å². The van der Waals surface area contributed by atoms with Crippen LogP contribution in [-0.2, 0) is 16.1 Å². The number of carbonyl (C=O) groups is 2. The van der Waals surface area contributed by atoms with Crippen molar-refractivity contribution >= 4 is 29.1 Å². The first-order chi connectivity index (χ1) is 16.8. The molecule has 2 fully saturated rings. The topological polar surface area (TPSA) is 98.6 Å². The number of aromatic nitrogens is 1. The van der Waals surface area contributed by atoms with Crippen LogP contribution in [0.5, 0.6) is 0 Å². The third-order valence-electron chi connectivity index (χ3n) is 6.79. The van der Waals surface area contributed by atoms with Gasteiger partial charge in [-0.1, -0.05) is 11.6 Å². The molecule has 3 heterocycles. The van der Waals surface area contributed by atoms with Crippen molar-refractivity contribution in [3.63, 3.8) is 0 Å². The zero-order valence-electron chi connectivity index (χ0n) is 20.3. The van der Waals surface area contributed by atoms with Crippen LogP contribution in [0.15, 0.2) is 24.4 Å². The Morgan fingerprint density at radius 1 is 1.29 bits per heavy atom. The second-order valence-corrected chi connectivity index (χ2v) is 9.71. The molecule has 2 saturated heterocycles. The first kappa shape index (κ1) is 25.1. The van der Waals surface area contributed by atoms with E-state index in [2.05, 4.69) is 28.2 Å². The van der Waals surface area contributed by atoms with E-state index < -0.39 is 0 Å². The third-order valence-corrected chi connectivity index (χ3v) is 7.01. The largest absolute Gasteiger partial charge is 0.368 e. The molecule has 8 nitrogen and oxygen atoms in total. The van der Waals surface area contributed by atoms with Crippen molar-refractivity contribution in [3.8, 4) is 6.07 Å². The highest BCUT2D eigenvalue weighted by Gasteiger charge is 2.34. The Morgan fingerprint density at radius 3 is 2.77 bits per heavy atom. The van der Waals surface area contributed by atoms with Crippen LogP contribution in [0.3, 0.4) is 0 Å². The summed E-state index contributed by atoms with van der Waals surface area (Å²) in [5.41, 5.74) is 3.82. The summed E-state index contributed by atoms with van der Waals surface area (Å²) >= 11 is 6.41. The number of carbonyl (C=O) groups excluding carboxylic acids is 2. The Balaban J connectivity index is 1.44. The van der Waals surface area contributed by atoms with E-state index in [1.54, 1.807) is 13.0 Å². The van der Waals surface area contributed by atoms with Gasteiger partial charge in [0.05, 0.1) is 16.8 Å². The molecule has 2 atom stereocenters. The number of nitriles is 1. The summed E-state index contributed by atoms with van der Waals surface area (Å²) in [7, 11) is 0. The number of nitrogens with zero attached hydrogens (tertiary/aromatic N) is 4. The maximum Gasteiger partial charge on any atom is 0.257 e.